The number of esters is 1. The second kappa shape index (κ2) is 15.4. The molecular weight excluding hydrogens is 646 g/mol. The van der Waals surface area contributed by atoms with E-state index < -0.39 is 11.6 Å². The number of nitrogens with zero attached hydrogens (tertiary/aromatic N) is 1. The fourth-order valence-electron chi connectivity index (χ4n) is 7.97. The quantitative estimate of drug-likeness (QED) is 0.0858. The maximum absolute atomic E-state index is 14.0. The second-order valence-corrected chi connectivity index (χ2v) is 14.2. The summed E-state index contributed by atoms with van der Waals surface area (Å²) in [6.07, 6.45) is 4.33. The van der Waals surface area contributed by atoms with Gasteiger partial charge in [-0.05, 0) is 111 Å². The van der Waals surface area contributed by atoms with Crippen LogP contribution in [0.1, 0.15) is 70.8 Å². The summed E-state index contributed by atoms with van der Waals surface area (Å²) in [7, 11) is 0. The van der Waals surface area contributed by atoms with Crippen LogP contribution in [-0.4, -0.2) is 77.3 Å². The average molecular weight is 694 g/mol. The Bertz CT molecular complexity index is 1920. The summed E-state index contributed by atoms with van der Waals surface area (Å²) in [5, 5.41) is 31.2. The number of piperidine rings is 3. The maximum Gasteiger partial charge on any atom is 0.331 e. The smallest absolute Gasteiger partial charge is 0.331 e. The molecule has 3 aliphatic heterocycles. The van der Waals surface area contributed by atoms with Crippen LogP contribution in [0.4, 0.5) is 0 Å². The van der Waals surface area contributed by atoms with Crippen molar-refractivity contribution in [3.63, 3.8) is 0 Å². The van der Waals surface area contributed by atoms with Gasteiger partial charge in [0.05, 0.1) is 11.6 Å². The number of pyridine rings is 1. The van der Waals surface area contributed by atoms with Gasteiger partial charge in [0, 0.05) is 43.2 Å². The number of unbranched alkanes of at least 4 members (excludes halogenated alkanes) is 1. The predicted molar refractivity (Wildman–Crippen MR) is 194 cm³/mol. The maximum atomic E-state index is 14.0. The molecule has 51 heavy (non-hydrogen) atoms. The van der Waals surface area contributed by atoms with Crippen molar-refractivity contribution in [1.29, 1.82) is 0 Å². The van der Waals surface area contributed by atoms with Crippen LogP contribution in [0.25, 0.3) is 10.9 Å². The molecule has 0 saturated carbocycles. The molecule has 1 amide bonds. The number of aliphatic hydroxyl groups is 1. The Morgan fingerprint density at radius 3 is 2.55 bits per heavy atom. The highest BCUT2D eigenvalue weighted by Gasteiger charge is 2.48. The number of aromatic nitrogens is 1. The number of H-pyrrole nitrogens is 1. The first-order valence-corrected chi connectivity index (χ1v) is 18.2. The lowest BCUT2D eigenvalue weighted by Gasteiger charge is -2.45. The fraction of sp³-hybridized carbons (Fsp3) is 0.425. The number of carbonyl (C=O) groups excluding carboxylic acids is 2. The molecule has 3 saturated heterocycles. The topological polar surface area (TPSA) is 156 Å². The van der Waals surface area contributed by atoms with Crippen molar-refractivity contribution in [2.75, 3.05) is 39.3 Å². The van der Waals surface area contributed by atoms with E-state index in [4.69, 9.17) is 4.74 Å². The van der Waals surface area contributed by atoms with Crippen LogP contribution in [0.3, 0.4) is 0 Å². The number of aromatic amines is 1. The van der Waals surface area contributed by atoms with Crippen LogP contribution < -0.4 is 21.5 Å². The van der Waals surface area contributed by atoms with E-state index in [0.29, 0.717) is 60.5 Å². The van der Waals surface area contributed by atoms with Crippen molar-refractivity contribution in [1.82, 2.24) is 25.8 Å². The van der Waals surface area contributed by atoms with Gasteiger partial charge in [0.25, 0.3) is 5.91 Å². The van der Waals surface area contributed by atoms with E-state index in [1.54, 1.807) is 12.1 Å². The van der Waals surface area contributed by atoms with E-state index in [1.165, 1.54) is 17.7 Å². The average Bonchev–Trinajstić information content (AvgIpc) is 3.54. The number of rotatable bonds is 14. The number of carbonyl (C=O) groups is 2. The molecule has 6 N–H and O–H groups in total. The highest BCUT2D eigenvalue weighted by molar-refractivity contribution is 5.94. The zero-order valence-corrected chi connectivity index (χ0v) is 28.8. The lowest BCUT2D eigenvalue weighted by atomic mass is 9.85. The van der Waals surface area contributed by atoms with Crippen LogP contribution >= 0.6 is 0 Å². The van der Waals surface area contributed by atoms with E-state index in [-0.39, 0.29) is 29.3 Å². The summed E-state index contributed by atoms with van der Waals surface area (Å²) in [5.74, 6) is 0.0749. The Balaban J connectivity index is 0.864. The first kappa shape index (κ1) is 34.9. The van der Waals surface area contributed by atoms with E-state index >= 15 is 0 Å². The Kier molecular flexibility index (Phi) is 10.5. The van der Waals surface area contributed by atoms with Crippen LogP contribution in [0, 0.1) is 5.92 Å². The molecule has 4 aliphatic rings. The number of nitrogens with one attached hydrogen (secondary N) is 4. The van der Waals surface area contributed by atoms with Crippen LogP contribution in [0.15, 0.2) is 77.6 Å². The Morgan fingerprint density at radius 2 is 1.76 bits per heavy atom. The first-order valence-electron chi connectivity index (χ1n) is 18.2. The monoisotopic (exact) mass is 693 g/mol. The van der Waals surface area contributed by atoms with Crippen molar-refractivity contribution >= 4 is 22.8 Å². The van der Waals surface area contributed by atoms with E-state index in [0.717, 1.165) is 62.9 Å². The number of hydrogen-bond acceptors (Lipinski definition) is 9. The molecule has 3 aromatic carbocycles. The lowest BCUT2D eigenvalue weighted by Crippen LogP contribution is -2.55. The number of fused-ring (bicyclic) bond motifs is 5. The Hall–Kier alpha value is -4.55. The SMILES string of the molecule is O=C(NCCCCNC[C@H](O)c1ccc(O)c2[nH]c(=O)ccc12)c1ccc(CNC2(C(=O)O[C@H]3CN4CCC3CC4)CCc3ccccc32)cc1. The minimum absolute atomic E-state index is 0.0428. The summed E-state index contributed by atoms with van der Waals surface area (Å²) >= 11 is 0. The third-order valence-corrected chi connectivity index (χ3v) is 10.9. The van der Waals surface area contributed by atoms with Crippen molar-refractivity contribution in [3.05, 3.63) is 111 Å². The minimum Gasteiger partial charge on any atom is -0.506 e. The van der Waals surface area contributed by atoms with Crippen molar-refractivity contribution in [3.8, 4) is 5.75 Å². The Labute approximate surface area is 297 Å². The van der Waals surface area contributed by atoms with Gasteiger partial charge in [-0.3, -0.25) is 19.8 Å². The molecule has 0 spiro atoms. The molecule has 3 fully saturated rings. The molecule has 11 nitrogen and oxygen atoms in total. The van der Waals surface area contributed by atoms with Gasteiger partial charge in [-0.2, -0.15) is 0 Å². The van der Waals surface area contributed by atoms with Crippen molar-refractivity contribution < 1.29 is 24.5 Å². The van der Waals surface area contributed by atoms with Crippen LogP contribution in [0.5, 0.6) is 5.75 Å². The van der Waals surface area contributed by atoms with Gasteiger partial charge in [0.2, 0.25) is 5.56 Å². The van der Waals surface area contributed by atoms with Gasteiger partial charge >= 0.3 is 5.97 Å². The standard InChI is InChI=1S/C40H47N5O6/c46-33-13-11-30(31-12-14-36(48)44-37(31)33)34(47)24-41-19-3-4-20-42-38(49)29-9-7-26(8-10-29)23-43-40(18-15-27-5-1-2-6-32(27)40)39(50)51-35-25-45-21-16-28(35)17-22-45/h1-2,5-14,28,34-35,41,43,46-47H,3-4,15-25H2,(H,42,49)(H,44,48)/t34-,35-,40?/m0/s1. The van der Waals surface area contributed by atoms with E-state index in [2.05, 4.69) is 31.9 Å². The zero-order valence-electron chi connectivity index (χ0n) is 28.8. The number of amides is 1. The van der Waals surface area contributed by atoms with Crippen LogP contribution in [-0.2, 0) is 28.0 Å². The zero-order chi connectivity index (χ0) is 35.4. The molecule has 1 aromatic heterocycles. The molecule has 1 aliphatic carbocycles. The summed E-state index contributed by atoms with van der Waals surface area (Å²) in [6.45, 7) is 4.96. The van der Waals surface area contributed by atoms with Gasteiger partial charge < -0.3 is 30.6 Å². The highest BCUT2D eigenvalue weighted by atomic mass is 16.5. The number of aryl methyl sites for hydroxylation is 1. The number of benzene rings is 3. The highest BCUT2D eigenvalue weighted by Crippen LogP contribution is 2.40. The molecule has 268 valence electrons. The third-order valence-electron chi connectivity index (χ3n) is 10.9. The summed E-state index contributed by atoms with van der Waals surface area (Å²) in [6, 6.07) is 21.7. The fourth-order valence-corrected chi connectivity index (χ4v) is 7.97. The van der Waals surface area contributed by atoms with E-state index in [9.17, 15) is 24.6 Å². The molecule has 0 radical (unpaired) electrons. The lowest BCUT2D eigenvalue weighted by molar-refractivity contribution is -0.167. The van der Waals surface area contributed by atoms with Crippen LogP contribution in [0.2, 0.25) is 0 Å². The summed E-state index contributed by atoms with van der Waals surface area (Å²) in [4.78, 5) is 43.5. The normalized spacial score (nSPS) is 22.8. The Morgan fingerprint density at radius 1 is 0.980 bits per heavy atom. The van der Waals surface area contributed by atoms with E-state index in [1.807, 2.05) is 42.5 Å². The second-order valence-electron chi connectivity index (χ2n) is 14.2. The molecule has 4 heterocycles. The number of ether oxygens (including phenoxy) is 1. The van der Waals surface area contributed by atoms with Gasteiger partial charge in [0.1, 0.15) is 17.4 Å². The number of hydrogen-bond donors (Lipinski definition) is 6. The van der Waals surface area contributed by atoms with Gasteiger partial charge in [-0.25, -0.2) is 4.79 Å². The minimum atomic E-state index is -0.896. The van der Waals surface area contributed by atoms with Crippen molar-refractivity contribution in [2.45, 2.75) is 62.8 Å². The predicted octanol–water partition coefficient (Wildman–Crippen LogP) is 3.64. The molecule has 2 bridgehead atoms. The molecule has 4 aromatic rings. The first-order chi connectivity index (χ1) is 24.8. The summed E-state index contributed by atoms with van der Waals surface area (Å²) in [5.41, 5.74) is 3.44. The molecule has 8 rings (SSSR count). The number of phenols is 1. The molecule has 3 atom stereocenters. The molecule has 11 heteroatoms. The number of phenolic OH excluding ortho intramolecular Hbond substituents is 1. The van der Waals surface area contributed by atoms with Crippen molar-refractivity contribution in [2.24, 2.45) is 5.92 Å². The molecule has 1 unspecified atom stereocenters. The number of aromatic hydroxyl groups is 1. The summed E-state index contributed by atoms with van der Waals surface area (Å²) < 4.78 is 6.30. The molecular formula is C40H47N5O6. The number of aliphatic hydroxyl groups excluding tert-OH is 1. The van der Waals surface area contributed by atoms with Gasteiger partial charge in [-0.15, -0.1) is 0 Å². The largest absolute Gasteiger partial charge is 0.506 e. The van der Waals surface area contributed by atoms with Gasteiger partial charge in [0.15, 0.2) is 0 Å². The third kappa shape index (κ3) is 7.57. The van der Waals surface area contributed by atoms with Gasteiger partial charge in [-0.1, -0.05) is 42.5 Å².